The Balaban J connectivity index is 1.48. The molecule has 1 fully saturated rings. The van der Waals surface area contributed by atoms with E-state index in [1.807, 2.05) is 31.4 Å². The molecule has 7 heteroatoms. The van der Waals surface area contributed by atoms with E-state index in [0.717, 1.165) is 68.5 Å². The zero-order valence-electron chi connectivity index (χ0n) is 17.8. The van der Waals surface area contributed by atoms with Crippen molar-refractivity contribution in [2.45, 2.75) is 31.4 Å². The fourth-order valence-corrected chi connectivity index (χ4v) is 4.39. The highest BCUT2D eigenvalue weighted by Crippen LogP contribution is 2.45. The zero-order valence-corrected chi connectivity index (χ0v) is 17.8. The summed E-state index contributed by atoms with van der Waals surface area (Å²) < 4.78 is 17.4. The summed E-state index contributed by atoms with van der Waals surface area (Å²) >= 11 is 0. The predicted molar refractivity (Wildman–Crippen MR) is 112 cm³/mol. The molecular formula is C22H30N4O3. The lowest BCUT2D eigenvalue weighted by molar-refractivity contribution is -0.0990. The van der Waals surface area contributed by atoms with Crippen LogP contribution in [0.1, 0.15) is 29.5 Å². The lowest BCUT2D eigenvalue weighted by Crippen LogP contribution is -2.46. The van der Waals surface area contributed by atoms with E-state index < -0.39 is 0 Å². The Labute approximate surface area is 172 Å². The number of nitrogens with zero attached hydrogens (tertiary/aromatic N) is 4. The third kappa shape index (κ3) is 3.89. The summed E-state index contributed by atoms with van der Waals surface area (Å²) in [6.07, 6.45) is 6.70. The van der Waals surface area contributed by atoms with Crippen LogP contribution in [0.25, 0.3) is 0 Å². The SMILES string of the molecule is COc1cc2c(cc1OC)C1(CCN(Cc3cnc(N(C)C)nc3)CC1)OCC2. The number of rotatable bonds is 5. The number of fused-ring (bicyclic) bond motifs is 2. The number of likely N-dealkylation sites (tertiary alicyclic amines) is 1. The van der Waals surface area contributed by atoms with Crippen LogP contribution in [0.4, 0.5) is 5.95 Å². The Morgan fingerprint density at radius 1 is 1.07 bits per heavy atom. The molecule has 2 aromatic rings. The molecule has 1 spiro atoms. The summed E-state index contributed by atoms with van der Waals surface area (Å²) in [5, 5.41) is 0. The van der Waals surface area contributed by atoms with Crippen LogP contribution in [0.15, 0.2) is 24.5 Å². The van der Waals surface area contributed by atoms with E-state index >= 15 is 0 Å². The number of ether oxygens (including phenoxy) is 3. The summed E-state index contributed by atoms with van der Waals surface area (Å²) in [5.74, 6) is 2.31. The van der Waals surface area contributed by atoms with Crippen LogP contribution >= 0.6 is 0 Å². The summed E-state index contributed by atoms with van der Waals surface area (Å²) in [7, 11) is 7.27. The van der Waals surface area contributed by atoms with Gasteiger partial charge in [-0.15, -0.1) is 0 Å². The minimum absolute atomic E-state index is 0.227. The number of piperidine rings is 1. The van der Waals surface area contributed by atoms with E-state index in [9.17, 15) is 0 Å². The number of hydrogen-bond acceptors (Lipinski definition) is 7. The standard InChI is InChI=1S/C22H30N4O3/c1-25(2)21-23-13-16(14-24-21)15-26-8-6-22(7-9-26)18-12-20(28-4)19(27-3)11-17(18)5-10-29-22/h11-14H,5-10,15H2,1-4H3. The van der Waals surface area contributed by atoms with Gasteiger partial charge in [0.1, 0.15) is 0 Å². The first kappa shape index (κ1) is 19.9. The van der Waals surface area contributed by atoms with Gasteiger partial charge in [0.2, 0.25) is 5.95 Å². The molecule has 0 bridgehead atoms. The quantitative estimate of drug-likeness (QED) is 0.767. The molecule has 0 N–H and O–H groups in total. The van der Waals surface area contributed by atoms with Crippen LogP contribution < -0.4 is 14.4 Å². The van der Waals surface area contributed by atoms with Gasteiger partial charge in [-0.1, -0.05) is 0 Å². The van der Waals surface area contributed by atoms with Crippen molar-refractivity contribution in [3.8, 4) is 11.5 Å². The number of hydrogen-bond donors (Lipinski definition) is 0. The average molecular weight is 399 g/mol. The zero-order chi connectivity index (χ0) is 20.4. The normalized spacial score (nSPS) is 18.3. The Morgan fingerprint density at radius 2 is 1.72 bits per heavy atom. The van der Waals surface area contributed by atoms with Gasteiger partial charge < -0.3 is 19.1 Å². The molecule has 2 aliphatic heterocycles. The van der Waals surface area contributed by atoms with Crippen molar-refractivity contribution in [1.82, 2.24) is 14.9 Å². The second-order valence-electron chi connectivity index (χ2n) is 8.02. The first-order valence-electron chi connectivity index (χ1n) is 10.1. The van der Waals surface area contributed by atoms with Crippen molar-refractivity contribution in [2.24, 2.45) is 0 Å². The number of benzene rings is 1. The predicted octanol–water partition coefficient (Wildman–Crippen LogP) is 2.62. The Morgan fingerprint density at radius 3 is 2.34 bits per heavy atom. The summed E-state index contributed by atoms with van der Waals surface area (Å²) in [5.41, 5.74) is 3.49. The van der Waals surface area contributed by atoms with Gasteiger partial charge in [-0.25, -0.2) is 9.97 Å². The van der Waals surface area contributed by atoms with Gasteiger partial charge in [0.05, 0.1) is 26.4 Å². The van der Waals surface area contributed by atoms with Gasteiger partial charge in [-0.2, -0.15) is 0 Å². The fraction of sp³-hybridized carbons (Fsp3) is 0.545. The largest absolute Gasteiger partial charge is 0.493 e. The number of methoxy groups -OCH3 is 2. The maximum Gasteiger partial charge on any atom is 0.224 e. The first-order chi connectivity index (χ1) is 14.0. The Kier molecular flexibility index (Phi) is 5.61. The minimum Gasteiger partial charge on any atom is -0.493 e. The summed E-state index contributed by atoms with van der Waals surface area (Å²) in [4.78, 5) is 13.2. The molecule has 0 amide bonds. The van der Waals surface area contributed by atoms with E-state index in [2.05, 4.69) is 27.0 Å². The average Bonchev–Trinajstić information content (AvgIpc) is 2.75. The van der Waals surface area contributed by atoms with Crippen LogP contribution in [0.5, 0.6) is 11.5 Å². The van der Waals surface area contributed by atoms with Crippen molar-refractivity contribution in [3.05, 3.63) is 41.2 Å². The Bertz CT molecular complexity index is 846. The molecule has 0 aliphatic carbocycles. The first-order valence-corrected chi connectivity index (χ1v) is 10.1. The monoisotopic (exact) mass is 398 g/mol. The van der Waals surface area contributed by atoms with Crippen molar-refractivity contribution in [3.63, 3.8) is 0 Å². The van der Waals surface area contributed by atoms with Gasteiger partial charge in [0, 0.05) is 51.7 Å². The van der Waals surface area contributed by atoms with Gasteiger partial charge in [0.15, 0.2) is 11.5 Å². The van der Waals surface area contributed by atoms with Crippen LogP contribution in [0.3, 0.4) is 0 Å². The molecule has 29 heavy (non-hydrogen) atoms. The number of aromatic nitrogens is 2. The van der Waals surface area contributed by atoms with Crippen LogP contribution in [-0.4, -0.2) is 62.9 Å². The van der Waals surface area contributed by atoms with E-state index in [1.165, 1.54) is 11.1 Å². The van der Waals surface area contributed by atoms with E-state index in [-0.39, 0.29) is 5.60 Å². The summed E-state index contributed by atoms with van der Waals surface area (Å²) in [6.45, 7) is 3.57. The van der Waals surface area contributed by atoms with E-state index in [4.69, 9.17) is 14.2 Å². The molecule has 0 unspecified atom stereocenters. The molecule has 3 heterocycles. The van der Waals surface area contributed by atoms with Crippen molar-refractivity contribution in [1.29, 1.82) is 0 Å². The maximum atomic E-state index is 6.39. The molecule has 156 valence electrons. The second kappa shape index (κ2) is 8.16. The minimum atomic E-state index is -0.227. The third-order valence-corrected chi connectivity index (χ3v) is 6.01. The van der Waals surface area contributed by atoms with E-state index in [1.54, 1.807) is 14.2 Å². The van der Waals surface area contributed by atoms with Gasteiger partial charge in [0.25, 0.3) is 0 Å². The Hall–Kier alpha value is -2.38. The topological polar surface area (TPSA) is 60.0 Å². The second-order valence-corrected chi connectivity index (χ2v) is 8.02. The van der Waals surface area contributed by atoms with Gasteiger partial charge in [-0.3, -0.25) is 4.90 Å². The fourth-order valence-electron chi connectivity index (χ4n) is 4.39. The van der Waals surface area contributed by atoms with Crippen molar-refractivity contribution < 1.29 is 14.2 Å². The smallest absolute Gasteiger partial charge is 0.224 e. The van der Waals surface area contributed by atoms with Crippen LogP contribution in [0, 0.1) is 0 Å². The van der Waals surface area contributed by atoms with Crippen LogP contribution in [0.2, 0.25) is 0 Å². The van der Waals surface area contributed by atoms with Crippen molar-refractivity contribution >= 4 is 5.95 Å². The molecule has 0 radical (unpaired) electrons. The third-order valence-electron chi connectivity index (χ3n) is 6.01. The lowest BCUT2D eigenvalue weighted by Gasteiger charge is -2.45. The molecule has 4 rings (SSSR count). The van der Waals surface area contributed by atoms with Gasteiger partial charge in [-0.05, 0) is 42.5 Å². The summed E-state index contributed by atoms with van der Waals surface area (Å²) in [6, 6.07) is 4.24. The molecule has 0 saturated carbocycles. The highest BCUT2D eigenvalue weighted by Gasteiger charge is 2.41. The van der Waals surface area contributed by atoms with E-state index in [0.29, 0.717) is 0 Å². The maximum absolute atomic E-state index is 6.39. The number of anilines is 1. The van der Waals surface area contributed by atoms with Crippen LogP contribution in [-0.2, 0) is 23.3 Å². The molecule has 0 atom stereocenters. The molecule has 7 nitrogen and oxygen atoms in total. The molecular weight excluding hydrogens is 368 g/mol. The molecule has 1 aromatic carbocycles. The highest BCUT2D eigenvalue weighted by molar-refractivity contribution is 5.50. The van der Waals surface area contributed by atoms with Crippen molar-refractivity contribution in [2.75, 3.05) is 52.9 Å². The molecule has 2 aliphatic rings. The van der Waals surface area contributed by atoms with Gasteiger partial charge >= 0.3 is 0 Å². The molecule has 1 saturated heterocycles. The lowest BCUT2D eigenvalue weighted by atomic mass is 9.79. The highest BCUT2D eigenvalue weighted by atomic mass is 16.5. The molecule has 1 aromatic heterocycles.